The Labute approximate surface area is 175 Å². The number of hydrogen-bond donors (Lipinski definition) is 2. The maximum Gasteiger partial charge on any atom is 0.293 e. The zero-order valence-corrected chi connectivity index (χ0v) is 17.3. The molecule has 8 nitrogen and oxygen atoms in total. The Morgan fingerprint density at radius 1 is 1.07 bits per heavy atom. The molecule has 0 unspecified atom stereocenters. The number of anilines is 1. The number of rotatable bonds is 5. The van der Waals surface area contributed by atoms with Crippen LogP contribution in [0.5, 0.6) is 0 Å². The van der Waals surface area contributed by atoms with Gasteiger partial charge in [0.15, 0.2) is 0 Å². The van der Waals surface area contributed by atoms with Crippen LogP contribution in [0.15, 0.2) is 47.4 Å². The Morgan fingerprint density at radius 2 is 1.77 bits per heavy atom. The highest BCUT2D eigenvalue weighted by Crippen LogP contribution is 2.37. The predicted molar refractivity (Wildman–Crippen MR) is 113 cm³/mol. The van der Waals surface area contributed by atoms with E-state index in [9.17, 15) is 23.6 Å². The van der Waals surface area contributed by atoms with Crippen LogP contribution in [0.25, 0.3) is 0 Å². The minimum absolute atomic E-state index is 0.0750. The van der Waals surface area contributed by atoms with E-state index in [0.717, 1.165) is 42.9 Å². The van der Waals surface area contributed by atoms with Crippen molar-refractivity contribution in [3.8, 4) is 0 Å². The number of nitro groups is 1. The molecule has 1 saturated heterocycles. The molecule has 0 radical (unpaired) electrons. The van der Waals surface area contributed by atoms with Crippen molar-refractivity contribution in [3.63, 3.8) is 0 Å². The molecule has 1 aliphatic carbocycles. The van der Waals surface area contributed by atoms with E-state index in [1.54, 1.807) is 0 Å². The van der Waals surface area contributed by atoms with Crippen LogP contribution in [0.1, 0.15) is 42.9 Å². The highest BCUT2D eigenvalue weighted by molar-refractivity contribution is 7.89. The second kappa shape index (κ2) is 8.33. The van der Waals surface area contributed by atoms with Crippen molar-refractivity contribution in [1.82, 2.24) is 4.31 Å². The van der Waals surface area contributed by atoms with Gasteiger partial charge < -0.3 is 10.4 Å². The average molecular weight is 432 g/mol. The van der Waals surface area contributed by atoms with Crippen LogP contribution in [0, 0.1) is 10.1 Å². The maximum atomic E-state index is 13.0. The van der Waals surface area contributed by atoms with Crippen LogP contribution in [-0.2, 0) is 16.4 Å². The first-order chi connectivity index (χ1) is 14.4. The lowest BCUT2D eigenvalue weighted by Crippen LogP contribution is -2.32. The molecule has 1 fully saturated rings. The third kappa shape index (κ3) is 3.92. The number of nitrogens with one attached hydrogen (secondary N) is 1. The summed E-state index contributed by atoms with van der Waals surface area (Å²) in [5, 5.41) is 25.2. The molecule has 30 heavy (non-hydrogen) atoms. The van der Waals surface area contributed by atoms with E-state index in [1.165, 1.54) is 16.4 Å². The number of hydrogen-bond acceptors (Lipinski definition) is 6. The van der Waals surface area contributed by atoms with Gasteiger partial charge in [-0.25, -0.2) is 8.42 Å². The van der Waals surface area contributed by atoms with Crippen LogP contribution >= 0.6 is 0 Å². The third-order valence-electron chi connectivity index (χ3n) is 5.88. The molecular formula is C21H25N3O5S. The van der Waals surface area contributed by atoms with Gasteiger partial charge >= 0.3 is 0 Å². The monoisotopic (exact) mass is 431 g/mol. The zero-order valence-electron chi connectivity index (χ0n) is 16.5. The summed E-state index contributed by atoms with van der Waals surface area (Å²) in [5.41, 5.74) is 1.75. The van der Waals surface area contributed by atoms with Gasteiger partial charge in [0.25, 0.3) is 5.69 Å². The summed E-state index contributed by atoms with van der Waals surface area (Å²) in [7, 11) is -3.79. The van der Waals surface area contributed by atoms with Crippen LogP contribution in [0.3, 0.4) is 0 Å². The van der Waals surface area contributed by atoms with E-state index in [0.29, 0.717) is 19.5 Å². The molecule has 0 saturated carbocycles. The van der Waals surface area contributed by atoms with Crippen molar-refractivity contribution in [2.24, 2.45) is 0 Å². The molecule has 0 bridgehead atoms. The largest absolute Gasteiger partial charge is 0.390 e. The Kier molecular flexibility index (Phi) is 5.77. The van der Waals surface area contributed by atoms with E-state index < -0.39 is 27.1 Å². The fourth-order valence-corrected chi connectivity index (χ4v) is 5.83. The number of sulfonamides is 1. The molecule has 4 rings (SSSR count). The summed E-state index contributed by atoms with van der Waals surface area (Å²) in [4.78, 5) is 11.1. The first-order valence-corrected chi connectivity index (χ1v) is 11.6. The van der Waals surface area contributed by atoms with E-state index in [-0.39, 0.29) is 16.3 Å². The Bertz CT molecular complexity index is 1050. The Balaban J connectivity index is 1.65. The first-order valence-electron chi connectivity index (χ1n) is 10.2. The fourth-order valence-electron chi connectivity index (χ4n) is 4.29. The van der Waals surface area contributed by atoms with Crippen molar-refractivity contribution in [2.45, 2.75) is 49.1 Å². The molecule has 2 atom stereocenters. The molecule has 160 valence electrons. The van der Waals surface area contributed by atoms with Gasteiger partial charge in [-0.15, -0.1) is 0 Å². The maximum absolute atomic E-state index is 13.0. The number of aliphatic hydroxyl groups is 1. The van der Waals surface area contributed by atoms with Gasteiger partial charge in [-0.05, 0) is 36.1 Å². The Hall–Kier alpha value is -2.49. The summed E-state index contributed by atoms with van der Waals surface area (Å²) in [6.45, 7) is 0.863. The molecule has 2 N–H and O–H groups in total. The lowest BCUT2D eigenvalue weighted by molar-refractivity contribution is -0.384. The second-order valence-corrected chi connectivity index (χ2v) is 9.78. The van der Waals surface area contributed by atoms with Gasteiger partial charge in [-0.2, -0.15) is 4.31 Å². The summed E-state index contributed by atoms with van der Waals surface area (Å²) >= 11 is 0. The molecule has 1 heterocycles. The molecule has 2 aliphatic rings. The summed E-state index contributed by atoms with van der Waals surface area (Å²) in [6, 6.07) is 11.0. The number of nitrogens with zero attached hydrogens (tertiary/aromatic N) is 2. The molecule has 0 spiro atoms. The number of aliphatic hydroxyl groups excluding tert-OH is 1. The van der Waals surface area contributed by atoms with Gasteiger partial charge in [0.1, 0.15) is 5.69 Å². The number of nitro benzene ring substituents is 1. The minimum atomic E-state index is -3.79. The molecule has 9 heteroatoms. The molecule has 1 aliphatic heterocycles. The SMILES string of the molecule is O=[N+]([O-])c1cc(S(=O)(=O)N2CCCCCC2)ccc1N[C@@H]1c2ccccc2C[C@@H]1O. The first kappa shape index (κ1) is 20.8. The zero-order chi connectivity index (χ0) is 21.3. The normalized spacial score (nSPS) is 22.3. The third-order valence-corrected chi connectivity index (χ3v) is 7.78. The van der Waals surface area contributed by atoms with Crippen molar-refractivity contribution in [1.29, 1.82) is 0 Å². The molecule has 0 amide bonds. The lowest BCUT2D eigenvalue weighted by Gasteiger charge is -2.21. The molecule has 2 aromatic rings. The van der Waals surface area contributed by atoms with E-state index >= 15 is 0 Å². The quantitative estimate of drug-likeness (QED) is 0.555. The van der Waals surface area contributed by atoms with E-state index in [1.807, 2.05) is 24.3 Å². The molecular weight excluding hydrogens is 406 g/mol. The predicted octanol–water partition coefficient (Wildman–Crippen LogP) is 3.23. The van der Waals surface area contributed by atoms with E-state index in [4.69, 9.17) is 0 Å². The van der Waals surface area contributed by atoms with Crippen molar-refractivity contribution < 1.29 is 18.4 Å². The molecule has 2 aromatic carbocycles. The highest BCUT2D eigenvalue weighted by atomic mass is 32.2. The van der Waals surface area contributed by atoms with Crippen molar-refractivity contribution >= 4 is 21.4 Å². The summed E-state index contributed by atoms with van der Waals surface area (Å²) in [6.07, 6.45) is 3.30. The van der Waals surface area contributed by atoms with Crippen LogP contribution in [-0.4, -0.2) is 41.9 Å². The number of benzene rings is 2. The minimum Gasteiger partial charge on any atom is -0.390 e. The van der Waals surface area contributed by atoms with Gasteiger partial charge in [-0.3, -0.25) is 10.1 Å². The summed E-state index contributed by atoms with van der Waals surface area (Å²) in [5.74, 6) is 0. The van der Waals surface area contributed by atoms with E-state index in [2.05, 4.69) is 5.32 Å². The van der Waals surface area contributed by atoms with Crippen LogP contribution < -0.4 is 5.32 Å². The topological polar surface area (TPSA) is 113 Å². The van der Waals surface area contributed by atoms with Gasteiger partial charge in [0.2, 0.25) is 10.0 Å². The average Bonchev–Trinajstić information content (AvgIpc) is 2.90. The van der Waals surface area contributed by atoms with Gasteiger partial charge in [0.05, 0.1) is 22.0 Å². The standard InChI is InChI=1S/C21H25N3O5S/c25-20-13-15-7-3-4-8-17(15)21(20)22-18-10-9-16(14-19(18)24(26)27)30(28,29)23-11-5-1-2-6-12-23/h3-4,7-10,14,20-22,25H,1-2,5-6,11-13H2/t20-,21+/m0/s1. The van der Waals surface area contributed by atoms with Gasteiger partial charge in [-0.1, -0.05) is 37.1 Å². The Morgan fingerprint density at radius 3 is 2.47 bits per heavy atom. The van der Waals surface area contributed by atoms with Gasteiger partial charge in [0, 0.05) is 25.6 Å². The summed E-state index contributed by atoms with van der Waals surface area (Å²) < 4.78 is 27.5. The second-order valence-electron chi connectivity index (χ2n) is 7.85. The lowest BCUT2D eigenvalue weighted by atomic mass is 10.1. The van der Waals surface area contributed by atoms with Crippen molar-refractivity contribution in [3.05, 3.63) is 63.7 Å². The molecule has 0 aromatic heterocycles. The van der Waals surface area contributed by atoms with Crippen LogP contribution in [0.4, 0.5) is 11.4 Å². The van der Waals surface area contributed by atoms with Crippen LogP contribution in [0.2, 0.25) is 0 Å². The fraction of sp³-hybridized carbons (Fsp3) is 0.429. The smallest absolute Gasteiger partial charge is 0.293 e. The number of fused-ring (bicyclic) bond motifs is 1. The van der Waals surface area contributed by atoms with Crippen molar-refractivity contribution in [2.75, 3.05) is 18.4 Å². The highest BCUT2D eigenvalue weighted by Gasteiger charge is 2.33.